The molecule has 0 heterocycles. The minimum absolute atomic E-state index is 0.0336. The van der Waals surface area contributed by atoms with Gasteiger partial charge >= 0.3 is 0 Å². The number of anilines is 1. The van der Waals surface area contributed by atoms with E-state index in [-0.39, 0.29) is 11.9 Å². The number of rotatable bonds is 6. The number of hydrogen-bond acceptors (Lipinski definition) is 3. The second-order valence-corrected chi connectivity index (χ2v) is 6.26. The van der Waals surface area contributed by atoms with Gasteiger partial charge in [0.25, 0.3) is 0 Å². The van der Waals surface area contributed by atoms with Crippen molar-refractivity contribution in [2.45, 2.75) is 38.8 Å². The van der Waals surface area contributed by atoms with Crippen molar-refractivity contribution in [2.75, 3.05) is 12.4 Å². The summed E-state index contributed by atoms with van der Waals surface area (Å²) >= 11 is 5.02. The van der Waals surface area contributed by atoms with E-state index in [0.29, 0.717) is 22.3 Å². The average molecular weight is 305 g/mol. The van der Waals surface area contributed by atoms with E-state index >= 15 is 0 Å². The van der Waals surface area contributed by atoms with Crippen LogP contribution in [0.15, 0.2) is 24.3 Å². The van der Waals surface area contributed by atoms with E-state index in [1.807, 2.05) is 38.2 Å². The van der Waals surface area contributed by atoms with Crippen molar-refractivity contribution in [2.24, 2.45) is 11.7 Å². The molecule has 1 aromatic rings. The molecule has 0 aliphatic heterocycles. The van der Waals surface area contributed by atoms with E-state index in [9.17, 15) is 4.79 Å². The molecule has 2 rings (SSSR count). The van der Waals surface area contributed by atoms with Gasteiger partial charge in [-0.3, -0.25) is 9.69 Å². The van der Waals surface area contributed by atoms with Crippen LogP contribution in [0.3, 0.4) is 0 Å². The van der Waals surface area contributed by atoms with Gasteiger partial charge in [0.15, 0.2) is 0 Å². The van der Waals surface area contributed by atoms with Crippen molar-refractivity contribution < 1.29 is 4.79 Å². The highest BCUT2D eigenvalue weighted by molar-refractivity contribution is 7.80. The molecule has 0 radical (unpaired) electrons. The molecule has 1 amide bonds. The molecule has 2 atom stereocenters. The summed E-state index contributed by atoms with van der Waals surface area (Å²) in [6, 6.07) is 7.59. The molecule has 0 saturated heterocycles. The molecule has 0 aromatic heterocycles. The predicted molar refractivity (Wildman–Crippen MR) is 90.4 cm³/mol. The summed E-state index contributed by atoms with van der Waals surface area (Å²) in [5.74, 6) is 0.697. The average Bonchev–Trinajstić information content (AvgIpc) is 3.29. The topological polar surface area (TPSA) is 58.4 Å². The van der Waals surface area contributed by atoms with Crippen LogP contribution >= 0.6 is 12.2 Å². The van der Waals surface area contributed by atoms with Gasteiger partial charge in [-0.1, -0.05) is 24.4 Å². The standard InChI is InChI=1S/C16H23N3OS/c1-10(12-8-9-12)19(3)11(2)16(20)18-14-7-5-4-6-13(14)15(17)21/h4-7,10-12H,8-9H2,1-3H3,(H2,17,21)(H,18,20). The molecule has 3 N–H and O–H groups in total. The van der Waals surface area contributed by atoms with Gasteiger partial charge in [-0.2, -0.15) is 0 Å². The first-order valence-electron chi connectivity index (χ1n) is 7.33. The molecule has 0 bridgehead atoms. The van der Waals surface area contributed by atoms with Crippen molar-refractivity contribution >= 4 is 28.8 Å². The zero-order valence-electron chi connectivity index (χ0n) is 12.8. The second kappa shape index (κ2) is 6.54. The van der Waals surface area contributed by atoms with Gasteiger partial charge in [0.05, 0.1) is 11.7 Å². The predicted octanol–water partition coefficient (Wildman–Crippen LogP) is 2.38. The van der Waals surface area contributed by atoms with Crippen LogP contribution in [-0.4, -0.2) is 34.9 Å². The van der Waals surface area contributed by atoms with Crippen LogP contribution in [-0.2, 0) is 4.79 Å². The molecule has 1 aromatic carbocycles. The van der Waals surface area contributed by atoms with Crippen LogP contribution in [0, 0.1) is 5.92 Å². The summed E-state index contributed by atoms with van der Waals surface area (Å²) in [7, 11) is 2.01. The molecular weight excluding hydrogens is 282 g/mol. The van der Waals surface area contributed by atoms with E-state index in [4.69, 9.17) is 18.0 Å². The van der Waals surface area contributed by atoms with Crippen LogP contribution in [0.4, 0.5) is 5.69 Å². The van der Waals surface area contributed by atoms with Crippen LogP contribution < -0.4 is 11.1 Å². The minimum Gasteiger partial charge on any atom is -0.389 e. The molecule has 4 nitrogen and oxygen atoms in total. The number of carbonyl (C=O) groups excluding carboxylic acids is 1. The highest BCUT2D eigenvalue weighted by Crippen LogP contribution is 2.35. The van der Waals surface area contributed by atoms with Gasteiger partial charge in [0, 0.05) is 11.6 Å². The zero-order chi connectivity index (χ0) is 15.6. The molecule has 1 fully saturated rings. The van der Waals surface area contributed by atoms with Crippen molar-refractivity contribution in [3.05, 3.63) is 29.8 Å². The van der Waals surface area contributed by atoms with Crippen LogP contribution in [0.1, 0.15) is 32.3 Å². The molecule has 1 aliphatic rings. The quantitative estimate of drug-likeness (QED) is 0.792. The lowest BCUT2D eigenvalue weighted by atomic mass is 10.1. The molecule has 21 heavy (non-hydrogen) atoms. The fourth-order valence-electron chi connectivity index (χ4n) is 2.49. The van der Waals surface area contributed by atoms with Gasteiger partial charge in [0.2, 0.25) is 5.91 Å². The summed E-state index contributed by atoms with van der Waals surface area (Å²) in [6.07, 6.45) is 2.54. The highest BCUT2D eigenvalue weighted by Gasteiger charge is 2.33. The molecule has 2 unspecified atom stereocenters. The Morgan fingerprint density at radius 3 is 2.57 bits per heavy atom. The lowest BCUT2D eigenvalue weighted by Crippen LogP contribution is -2.45. The van der Waals surface area contributed by atoms with E-state index in [0.717, 1.165) is 5.92 Å². The Kier molecular flexibility index (Phi) is 4.96. The second-order valence-electron chi connectivity index (χ2n) is 5.82. The van der Waals surface area contributed by atoms with Crippen LogP contribution in [0.2, 0.25) is 0 Å². The Hall–Kier alpha value is -1.46. The van der Waals surface area contributed by atoms with Crippen molar-refractivity contribution in [1.29, 1.82) is 0 Å². The first-order valence-corrected chi connectivity index (χ1v) is 7.74. The maximum atomic E-state index is 12.4. The van der Waals surface area contributed by atoms with E-state index in [1.165, 1.54) is 12.8 Å². The van der Waals surface area contributed by atoms with Crippen molar-refractivity contribution in [3.63, 3.8) is 0 Å². The minimum atomic E-state index is -0.194. The van der Waals surface area contributed by atoms with E-state index in [1.54, 1.807) is 0 Å². The van der Waals surface area contributed by atoms with Gasteiger partial charge in [-0.15, -0.1) is 0 Å². The van der Waals surface area contributed by atoms with Gasteiger partial charge in [0.1, 0.15) is 4.99 Å². The summed E-state index contributed by atoms with van der Waals surface area (Å²) in [5.41, 5.74) is 7.07. The fraction of sp³-hybridized carbons (Fsp3) is 0.500. The summed E-state index contributed by atoms with van der Waals surface area (Å²) in [6.45, 7) is 4.11. The van der Waals surface area contributed by atoms with Crippen molar-refractivity contribution in [1.82, 2.24) is 4.90 Å². The molecule has 0 spiro atoms. The normalized spacial score (nSPS) is 17.3. The summed E-state index contributed by atoms with van der Waals surface area (Å²) in [4.78, 5) is 14.9. The number of likely N-dealkylation sites (N-methyl/N-ethyl adjacent to an activating group) is 1. The number of nitrogens with one attached hydrogen (secondary N) is 1. The Morgan fingerprint density at radius 2 is 2.00 bits per heavy atom. The fourth-order valence-corrected chi connectivity index (χ4v) is 2.67. The summed E-state index contributed by atoms with van der Waals surface area (Å²) in [5, 5.41) is 2.94. The van der Waals surface area contributed by atoms with Crippen LogP contribution in [0.25, 0.3) is 0 Å². The number of para-hydroxylation sites is 1. The number of nitrogens with two attached hydrogens (primary N) is 1. The Morgan fingerprint density at radius 1 is 1.38 bits per heavy atom. The van der Waals surface area contributed by atoms with Crippen LogP contribution in [0.5, 0.6) is 0 Å². The maximum absolute atomic E-state index is 12.4. The van der Waals surface area contributed by atoms with Gasteiger partial charge < -0.3 is 11.1 Å². The highest BCUT2D eigenvalue weighted by atomic mass is 32.1. The number of benzene rings is 1. The molecule has 1 saturated carbocycles. The zero-order valence-corrected chi connectivity index (χ0v) is 13.6. The van der Waals surface area contributed by atoms with E-state index < -0.39 is 0 Å². The Labute approximate surface area is 131 Å². The Bertz CT molecular complexity index is 542. The third kappa shape index (κ3) is 3.80. The van der Waals surface area contributed by atoms with Crippen molar-refractivity contribution in [3.8, 4) is 0 Å². The smallest absolute Gasteiger partial charge is 0.241 e. The van der Waals surface area contributed by atoms with E-state index in [2.05, 4.69) is 17.1 Å². The third-order valence-corrected chi connectivity index (χ3v) is 4.61. The molecule has 1 aliphatic carbocycles. The number of nitrogens with zero attached hydrogens (tertiary/aromatic N) is 1. The van der Waals surface area contributed by atoms with Gasteiger partial charge in [-0.05, 0) is 51.8 Å². The largest absolute Gasteiger partial charge is 0.389 e. The number of carbonyl (C=O) groups is 1. The number of thiocarbonyl (C=S) groups is 1. The number of hydrogen-bond donors (Lipinski definition) is 2. The Balaban J connectivity index is 2.05. The third-order valence-electron chi connectivity index (χ3n) is 4.39. The molecule has 114 valence electrons. The SMILES string of the molecule is CC(C(=O)Nc1ccccc1C(N)=S)N(C)C(C)C1CC1. The van der Waals surface area contributed by atoms with Gasteiger partial charge in [-0.25, -0.2) is 0 Å². The summed E-state index contributed by atoms with van der Waals surface area (Å²) < 4.78 is 0. The molecule has 5 heteroatoms. The maximum Gasteiger partial charge on any atom is 0.241 e. The first kappa shape index (κ1) is 15.9. The number of amides is 1. The monoisotopic (exact) mass is 305 g/mol. The molecular formula is C16H23N3OS. The lowest BCUT2D eigenvalue weighted by molar-refractivity contribution is -0.121. The lowest BCUT2D eigenvalue weighted by Gasteiger charge is -2.30. The first-order chi connectivity index (χ1) is 9.91.